The van der Waals surface area contributed by atoms with Gasteiger partial charge in [0.05, 0.1) is 32.4 Å². The molecule has 2 aromatic heterocycles. The molecule has 0 saturated heterocycles. The zero-order chi connectivity index (χ0) is 23.5. The van der Waals surface area contributed by atoms with Crippen LogP contribution in [-0.2, 0) is 11.0 Å². The number of nitrogens with zero attached hydrogens (tertiary/aromatic N) is 3. The number of non-ortho nitro benzene ring substituents is 1. The number of nitro groups is 1. The predicted octanol–water partition coefficient (Wildman–Crippen LogP) is 5.65. The fourth-order valence-electron chi connectivity index (χ4n) is 2.73. The second-order valence-electron chi connectivity index (χ2n) is 6.42. The number of pyridine rings is 1. The van der Waals surface area contributed by atoms with Crippen LogP contribution in [0, 0.1) is 28.4 Å². The molecule has 2 heterocycles. The Labute approximate surface area is 188 Å². The van der Waals surface area contributed by atoms with Gasteiger partial charge >= 0.3 is 6.18 Å². The number of aryl methyl sites for hydroxylation is 1. The van der Waals surface area contributed by atoms with Crippen LogP contribution in [0.5, 0.6) is 0 Å². The lowest BCUT2D eigenvalue weighted by Crippen LogP contribution is -2.16. The van der Waals surface area contributed by atoms with Crippen molar-refractivity contribution in [2.75, 3.05) is 11.1 Å². The van der Waals surface area contributed by atoms with Gasteiger partial charge in [-0.3, -0.25) is 14.9 Å². The Kier molecular flexibility index (Phi) is 6.81. The average Bonchev–Trinajstić information content (AvgIpc) is 3.27. The number of nitro benzene ring substituents is 1. The minimum Gasteiger partial charge on any atom is -0.325 e. The van der Waals surface area contributed by atoms with E-state index in [1.54, 1.807) is 30.5 Å². The molecule has 0 spiro atoms. The Balaban J connectivity index is 1.85. The van der Waals surface area contributed by atoms with Crippen LogP contribution in [0.3, 0.4) is 0 Å². The Bertz CT molecular complexity index is 1220. The number of anilines is 1. The largest absolute Gasteiger partial charge is 0.417 e. The van der Waals surface area contributed by atoms with Gasteiger partial charge < -0.3 is 5.32 Å². The number of halogens is 3. The molecule has 0 bridgehead atoms. The molecule has 1 aromatic carbocycles. The maximum atomic E-state index is 13.5. The van der Waals surface area contributed by atoms with Crippen LogP contribution in [0.15, 0.2) is 46.8 Å². The van der Waals surface area contributed by atoms with Crippen LogP contribution < -0.4 is 5.32 Å². The van der Waals surface area contributed by atoms with E-state index in [0.29, 0.717) is 27.9 Å². The lowest BCUT2D eigenvalue weighted by molar-refractivity contribution is -0.384. The minimum absolute atomic E-state index is 0.0560. The summed E-state index contributed by atoms with van der Waals surface area (Å²) in [6.07, 6.45) is -4.77. The van der Waals surface area contributed by atoms with E-state index in [1.165, 1.54) is 29.5 Å². The third-order valence-electron chi connectivity index (χ3n) is 4.21. The van der Waals surface area contributed by atoms with Crippen LogP contribution in [-0.4, -0.2) is 21.6 Å². The molecule has 0 radical (unpaired) electrons. The molecule has 0 unspecified atom stereocenters. The van der Waals surface area contributed by atoms with Crippen LogP contribution in [0.4, 0.5) is 24.5 Å². The number of aromatic nitrogens is 1. The molecule has 0 aliphatic heterocycles. The number of rotatable bonds is 6. The minimum atomic E-state index is -4.77. The summed E-state index contributed by atoms with van der Waals surface area (Å²) in [7, 11) is 0. The first-order valence-electron chi connectivity index (χ1n) is 8.84. The van der Waals surface area contributed by atoms with Crippen molar-refractivity contribution in [2.24, 2.45) is 0 Å². The van der Waals surface area contributed by atoms with Crippen molar-refractivity contribution in [3.05, 3.63) is 68.6 Å². The van der Waals surface area contributed by atoms with Crippen LogP contribution >= 0.6 is 23.1 Å². The van der Waals surface area contributed by atoms with Gasteiger partial charge in [-0.1, -0.05) is 17.8 Å². The first kappa shape index (κ1) is 23.2. The molecule has 7 nitrogen and oxygen atoms in total. The normalized spacial score (nSPS) is 11.1. The van der Waals surface area contributed by atoms with Crippen molar-refractivity contribution in [3.8, 4) is 16.6 Å². The molecule has 32 heavy (non-hydrogen) atoms. The number of alkyl halides is 3. The smallest absolute Gasteiger partial charge is 0.325 e. The molecular formula is C20H13F3N4O3S2. The third-order valence-corrected chi connectivity index (χ3v) is 6.08. The molecule has 1 N–H and O–H groups in total. The molecule has 0 aliphatic carbocycles. The first-order valence-corrected chi connectivity index (χ1v) is 10.7. The Hall–Kier alpha value is -3.43. The summed E-state index contributed by atoms with van der Waals surface area (Å²) in [6, 6.07) is 9.54. The van der Waals surface area contributed by atoms with Gasteiger partial charge in [0.2, 0.25) is 5.91 Å². The van der Waals surface area contributed by atoms with E-state index in [0.717, 1.165) is 6.07 Å². The number of nitrogens with one attached hydrogen (secondary N) is 1. The summed E-state index contributed by atoms with van der Waals surface area (Å²) in [6.45, 7) is 1.57. The van der Waals surface area contributed by atoms with Gasteiger partial charge in [0, 0.05) is 17.8 Å². The molecule has 0 fully saturated rings. The van der Waals surface area contributed by atoms with Crippen molar-refractivity contribution < 1.29 is 22.9 Å². The number of hydrogen-bond acceptors (Lipinski definition) is 7. The number of amides is 1. The van der Waals surface area contributed by atoms with E-state index < -0.39 is 28.1 Å². The third kappa shape index (κ3) is 5.24. The molecule has 1 amide bonds. The molecule has 12 heteroatoms. The summed E-state index contributed by atoms with van der Waals surface area (Å²) < 4.78 is 40.6. The number of hydrogen-bond donors (Lipinski definition) is 1. The quantitative estimate of drug-likeness (QED) is 0.279. The van der Waals surface area contributed by atoms with Crippen molar-refractivity contribution in [1.29, 1.82) is 5.26 Å². The maximum absolute atomic E-state index is 13.5. The zero-order valence-electron chi connectivity index (χ0n) is 16.3. The van der Waals surface area contributed by atoms with Crippen molar-refractivity contribution >= 4 is 40.4 Å². The van der Waals surface area contributed by atoms with Gasteiger partial charge in [-0.05, 0) is 36.1 Å². The molecule has 0 saturated carbocycles. The highest BCUT2D eigenvalue weighted by Gasteiger charge is 2.36. The van der Waals surface area contributed by atoms with Crippen LogP contribution in [0.2, 0.25) is 0 Å². The second kappa shape index (κ2) is 9.37. The fourth-order valence-corrected chi connectivity index (χ4v) is 4.22. The Morgan fingerprint density at radius 2 is 2.09 bits per heavy atom. The van der Waals surface area contributed by atoms with Gasteiger partial charge in [-0.25, -0.2) is 4.98 Å². The lowest BCUT2D eigenvalue weighted by atomic mass is 10.1. The standard InChI is InChI=1S/C20H13F3N4O3S2/c1-11-7-12(27(29)30)4-5-15(11)25-18(28)10-32-19-13(9-24)14(20(21,22)23)8-16(26-19)17-3-2-6-31-17/h2-8H,10H2,1H3,(H,25,28). The van der Waals surface area contributed by atoms with E-state index in [9.17, 15) is 33.3 Å². The van der Waals surface area contributed by atoms with Gasteiger partial charge in [-0.2, -0.15) is 18.4 Å². The van der Waals surface area contributed by atoms with Crippen molar-refractivity contribution in [2.45, 2.75) is 18.1 Å². The number of thioether (sulfide) groups is 1. The number of thiophene rings is 1. The second-order valence-corrected chi connectivity index (χ2v) is 8.33. The number of carbonyl (C=O) groups excluding carboxylic acids is 1. The Morgan fingerprint density at radius 1 is 1.34 bits per heavy atom. The molecule has 164 valence electrons. The van der Waals surface area contributed by atoms with Gasteiger partial charge in [-0.15, -0.1) is 11.3 Å². The van der Waals surface area contributed by atoms with Gasteiger partial charge in [0.15, 0.2) is 0 Å². The molecule has 3 rings (SSSR count). The highest BCUT2D eigenvalue weighted by molar-refractivity contribution is 8.00. The monoisotopic (exact) mass is 478 g/mol. The Morgan fingerprint density at radius 3 is 2.66 bits per heavy atom. The average molecular weight is 478 g/mol. The molecular weight excluding hydrogens is 465 g/mol. The summed E-state index contributed by atoms with van der Waals surface area (Å²) in [5.74, 6) is -0.878. The maximum Gasteiger partial charge on any atom is 0.417 e. The lowest BCUT2D eigenvalue weighted by Gasteiger charge is -2.14. The van der Waals surface area contributed by atoms with Crippen molar-refractivity contribution in [1.82, 2.24) is 4.98 Å². The number of benzene rings is 1. The topological polar surface area (TPSA) is 109 Å². The summed E-state index contributed by atoms with van der Waals surface area (Å²) in [5, 5.41) is 24.2. The van der Waals surface area contributed by atoms with Gasteiger partial charge in [0.1, 0.15) is 11.1 Å². The van der Waals surface area contributed by atoms with E-state index in [1.807, 2.05) is 0 Å². The van der Waals surface area contributed by atoms with Gasteiger partial charge in [0.25, 0.3) is 5.69 Å². The zero-order valence-corrected chi connectivity index (χ0v) is 17.9. The summed E-state index contributed by atoms with van der Waals surface area (Å²) in [5.41, 5.74) is -1.07. The highest BCUT2D eigenvalue weighted by Crippen LogP contribution is 2.38. The van der Waals surface area contributed by atoms with E-state index in [4.69, 9.17) is 0 Å². The number of nitriles is 1. The van der Waals surface area contributed by atoms with E-state index in [2.05, 4.69) is 10.3 Å². The van der Waals surface area contributed by atoms with Crippen LogP contribution in [0.1, 0.15) is 16.7 Å². The van der Waals surface area contributed by atoms with Crippen LogP contribution in [0.25, 0.3) is 10.6 Å². The number of carbonyl (C=O) groups is 1. The van der Waals surface area contributed by atoms with E-state index >= 15 is 0 Å². The highest BCUT2D eigenvalue weighted by atomic mass is 32.2. The molecule has 0 atom stereocenters. The SMILES string of the molecule is Cc1cc([N+](=O)[O-])ccc1NC(=O)CSc1nc(-c2cccs2)cc(C(F)(F)F)c1C#N. The van der Waals surface area contributed by atoms with E-state index in [-0.39, 0.29) is 22.2 Å². The molecule has 3 aromatic rings. The predicted molar refractivity (Wildman–Crippen MR) is 114 cm³/mol. The first-order chi connectivity index (χ1) is 15.1. The van der Waals surface area contributed by atoms with Crippen molar-refractivity contribution in [3.63, 3.8) is 0 Å². The fraction of sp³-hybridized carbons (Fsp3) is 0.150. The summed E-state index contributed by atoms with van der Waals surface area (Å²) >= 11 is 1.90. The molecule has 0 aliphatic rings. The summed E-state index contributed by atoms with van der Waals surface area (Å²) in [4.78, 5) is 27.3.